The van der Waals surface area contributed by atoms with E-state index in [1.54, 1.807) is 0 Å². The van der Waals surface area contributed by atoms with Gasteiger partial charge in [0.2, 0.25) is 11.8 Å². The number of aromatic hydroxyl groups is 1. The second-order valence-electron chi connectivity index (χ2n) is 7.01. The number of rotatable bonds is 7. The first kappa shape index (κ1) is 25.5. The summed E-state index contributed by atoms with van der Waals surface area (Å²) in [6.45, 7) is 0. The molecule has 0 spiro atoms. The molecule has 2 aliphatic rings. The Kier molecular flexibility index (Phi) is 7.25. The zero-order chi connectivity index (χ0) is 26.1. The van der Waals surface area contributed by atoms with Crippen molar-refractivity contribution >= 4 is 81.0 Å². The van der Waals surface area contributed by atoms with Gasteiger partial charge in [0.1, 0.15) is 32.2 Å². The Labute approximate surface area is 219 Å². The highest BCUT2D eigenvalue weighted by atomic mass is 35.5. The molecule has 2 aromatic rings. The van der Waals surface area contributed by atoms with Gasteiger partial charge in [0.15, 0.2) is 10.8 Å². The number of carbonyl (C=O) groups excluding carboxylic acids is 2. The fourth-order valence-corrected chi connectivity index (χ4v) is 6.26. The topological polar surface area (TPSA) is 230 Å². The van der Waals surface area contributed by atoms with Crippen molar-refractivity contribution in [2.45, 2.75) is 16.4 Å². The first-order valence-corrected chi connectivity index (χ1v) is 12.8. The Morgan fingerprint density at radius 2 is 2.08 bits per heavy atom. The van der Waals surface area contributed by atoms with E-state index in [2.05, 4.69) is 25.4 Å². The summed E-state index contributed by atoms with van der Waals surface area (Å²) in [5.41, 5.74) is 10.5. The summed E-state index contributed by atoms with van der Waals surface area (Å²) in [5.74, 6) is -3.14. The number of aliphatic carboxylic acids is 1. The van der Waals surface area contributed by atoms with Gasteiger partial charge in [0, 0.05) is 11.8 Å². The lowest BCUT2D eigenvalue weighted by molar-refractivity contribution is -0.150. The van der Waals surface area contributed by atoms with Crippen molar-refractivity contribution in [1.29, 1.82) is 0 Å². The lowest BCUT2D eigenvalue weighted by atomic mass is 10.0. The molecule has 36 heavy (non-hydrogen) atoms. The van der Waals surface area contributed by atoms with Crippen LogP contribution in [0.5, 0.6) is 5.88 Å². The van der Waals surface area contributed by atoms with Gasteiger partial charge in [-0.3, -0.25) is 14.5 Å². The van der Waals surface area contributed by atoms with E-state index in [9.17, 15) is 29.8 Å². The number of oxime groups is 1. The number of β-lactam (4-membered cyclic amide) rings is 1. The van der Waals surface area contributed by atoms with Gasteiger partial charge >= 0.3 is 5.97 Å². The number of nitrogen functional groups attached to an aromatic ring is 2. The van der Waals surface area contributed by atoms with Gasteiger partial charge in [0.05, 0.1) is 0 Å². The molecule has 2 aliphatic heterocycles. The van der Waals surface area contributed by atoms with E-state index in [-0.39, 0.29) is 38.4 Å². The van der Waals surface area contributed by atoms with Gasteiger partial charge in [0.25, 0.3) is 11.8 Å². The standard InChI is InChI=1S/C18H15ClN8O6S3/c19-12-8(25-18(21)36-12)9(26-33)13(29)24-10-14(30)27-11(16(31)32)5(4-35-15(10)27)1-2-34-7-3-6(28)22-17(20)23-7/h1-3,10,15,33H,4H2,(H2,21,25)(H,24,29)(H,31,32)(H3,20,22,23,28)/t10-,15-/m1/s1. The quantitative estimate of drug-likeness (QED) is 0.0672. The number of amides is 2. The maximum Gasteiger partial charge on any atom is 0.352 e. The molecule has 0 radical (unpaired) electrons. The van der Waals surface area contributed by atoms with Crippen molar-refractivity contribution in [3.63, 3.8) is 0 Å². The zero-order valence-corrected chi connectivity index (χ0v) is 20.9. The van der Waals surface area contributed by atoms with E-state index >= 15 is 0 Å². The van der Waals surface area contributed by atoms with Gasteiger partial charge in [-0.2, -0.15) is 4.98 Å². The molecule has 188 valence electrons. The molecule has 1 fully saturated rings. The summed E-state index contributed by atoms with van der Waals surface area (Å²) in [7, 11) is 0. The molecule has 2 atom stereocenters. The highest BCUT2D eigenvalue weighted by Crippen LogP contribution is 2.41. The van der Waals surface area contributed by atoms with Gasteiger partial charge < -0.3 is 32.2 Å². The number of hydrogen-bond acceptors (Lipinski definition) is 14. The fraction of sp³-hybridized carbons (Fsp3) is 0.167. The molecule has 0 aliphatic carbocycles. The van der Waals surface area contributed by atoms with E-state index in [0.29, 0.717) is 10.6 Å². The Balaban J connectivity index is 1.49. The van der Waals surface area contributed by atoms with Crippen LogP contribution < -0.4 is 16.8 Å². The summed E-state index contributed by atoms with van der Waals surface area (Å²) >= 11 is 9.14. The Morgan fingerprint density at radius 3 is 2.69 bits per heavy atom. The highest BCUT2D eigenvalue weighted by molar-refractivity contribution is 8.02. The highest BCUT2D eigenvalue weighted by Gasteiger charge is 2.54. The molecular formula is C18H15ClN8O6S3. The van der Waals surface area contributed by atoms with Crippen LogP contribution in [-0.2, 0) is 14.4 Å². The van der Waals surface area contributed by atoms with Gasteiger partial charge in [-0.25, -0.2) is 14.8 Å². The number of nitrogens with one attached hydrogen (secondary N) is 1. The minimum atomic E-state index is -1.32. The number of carbonyl (C=O) groups is 3. The summed E-state index contributed by atoms with van der Waals surface area (Å²) in [5, 5.41) is 35.2. The van der Waals surface area contributed by atoms with Crippen molar-refractivity contribution in [3.05, 3.63) is 38.9 Å². The van der Waals surface area contributed by atoms with Crippen LogP contribution in [0.2, 0.25) is 4.34 Å². The maximum absolute atomic E-state index is 12.8. The van der Waals surface area contributed by atoms with Gasteiger partial charge in [-0.05, 0) is 17.1 Å². The van der Waals surface area contributed by atoms with Crippen molar-refractivity contribution in [2.75, 3.05) is 17.2 Å². The Bertz CT molecular complexity index is 1340. The van der Waals surface area contributed by atoms with Crippen molar-refractivity contribution in [1.82, 2.24) is 25.2 Å². The third kappa shape index (κ3) is 4.90. The molecule has 14 nitrogen and oxygen atoms in total. The summed E-state index contributed by atoms with van der Waals surface area (Å²) in [6.07, 6.45) is 1.51. The van der Waals surface area contributed by atoms with Crippen LogP contribution in [0.4, 0.5) is 11.1 Å². The number of aromatic nitrogens is 3. The Hall–Kier alpha value is -3.54. The number of thioether (sulfide) groups is 2. The van der Waals surface area contributed by atoms with Crippen molar-refractivity contribution < 1.29 is 29.8 Å². The molecule has 0 unspecified atom stereocenters. The molecular weight excluding hydrogens is 556 g/mol. The van der Waals surface area contributed by atoms with Gasteiger partial charge in [-0.1, -0.05) is 39.9 Å². The van der Waals surface area contributed by atoms with Crippen LogP contribution in [0.15, 0.2) is 39.0 Å². The number of carboxylic acids is 1. The molecule has 1 saturated heterocycles. The molecule has 8 N–H and O–H groups in total. The number of nitrogens with zero attached hydrogens (tertiary/aromatic N) is 5. The van der Waals surface area contributed by atoms with Crippen LogP contribution in [0.1, 0.15) is 5.69 Å². The molecule has 0 aromatic carbocycles. The molecule has 2 aromatic heterocycles. The van der Waals surface area contributed by atoms with Crippen LogP contribution in [0.3, 0.4) is 0 Å². The number of nitrogens with two attached hydrogens (primary N) is 2. The number of anilines is 2. The summed E-state index contributed by atoms with van der Waals surface area (Å²) < 4.78 is 0.0225. The maximum atomic E-state index is 12.8. The number of allylic oxidation sites excluding steroid dienone is 1. The van der Waals surface area contributed by atoms with Crippen LogP contribution in [0, 0.1) is 0 Å². The average molecular weight is 571 g/mol. The largest absolute Gasteiger partial charge is 0.493 e. The number of halogens is 1. The number of thiazole rings is 1. The minimum absolute atomic E-state index is 0.0225. The van der Waals surface area contributed by atoms with E-state index in [1.807, 2.05) is 0 Å². The third-order valence-electron chi connectivity index (χ3n) is 4.79. The fourth-order valence-electron chi connectivity index (χ4n) is 3.32. The first-order valence-electron chi connectivity index (χ1n) is 9.63. The van der Waals surface area contributed by atoms with Crippen molar-refractivity contribution in [2.24, 2.45) is 5.16 Å². The minimum Gasteiger partial charge on any atom is -0.493 e. The molecule has 2 amide bonds. The predicted molar refractivity (Wildman–Crippen MR) is 133 cm³/mol. The summed E-state index contributed by atoms with van der Waals surface area (Å²) in [4.78, 5) is 49.9. The monoisotopic (exact) mass is 570 g/mol. The molecule has 4 heterocycles. The molecule has 0 bridgehead atoms. The lowest BCUT2D eigenvalue weighted by Crippen LogP contribution is -2.71. The second-order valence-corrected chi connectivity index (χ2v) is 10.7. The molecule has 4 rings (SSSR count). The predicted octanol–water partition coefficient (Wildman–Crippen LogP) is 0.679. The Morgan fingerprint density at radius 1 is 1.33 bits per heavy atom. The first-order chi connectivity index (χ1) is 17.1. The molecule has 0 saturated carbocycles. The normalized spacial score (nSPS) is 19.9. The van der Waals surface area contributed by atoms with Crippen molar-refractivity contribution in [3.8, 4) is 5.88 Å². The average Bonchev–Trinajstić information content (AvgIpc) is 3.14. The van der Waals surface area contributed by atoms with Crippen LogP contribution in [0.25, 0.3) is 0 Å². The number of fused-ring (bicyclic) bond motifs is 1. The van der Waals surface area contributed by atoms with E-state index in [0.717, 1.165) is 28.0 Å². The number of carboxylic acid groups (broad SMARTS) is 1. The third-order valence-corrected chi connectivity index (χ3v) is 7.90. The smallest absolute Gasteiger partial charge is 0.352 e. The second kappa shape index (κ2) is 10.2. The zero-order valence-electron chi connectivity index (χ0n) is 17.7. The summed E-state index contributed by atoms with van der Waals surface area (Å²) in [6, 6.07) is 0.211. The van der Waals surface area contributed by atoms with Crippen LogP contribution >= 0.6 is 46.5 Å². The van der Waals surface area contributed by atoms with E-state index in [1.165, 1.54) is 29.3 Å². The number of hydrogen-bond donors (Lipinski definition) is 6. The lowest BCUT2D eigenvalue weighted by Gasteiger charge is -2.49. The van der Waals surface area contributed by atoms with Crippen LogP contribution in [-0.4, -0.2) is 75.9 Å². The SMILES string of the molecule is Nc1nc(O)cc(SC=CC2=C(C(=O)O)N3C(=O)[C@@H](NC(=O)C(=NO)c4nc(N)sc4Cl)[C@H]3SC2)n1. The molecule has 18 heteroatoms. The van der Waals surface area contributed by atoms with Gasteiger partial charge in [-0.15, -0.1) is 11.8 Å². The van der Waals surface area contributed by atoms with E-state index in [4.69, 9.17) is 23.1 Å². The van der Waals surface area contributed by atoms with E-state index < -0.39 is 34.9 Å².